The lowest BCUT2D eigenvalue weighted by molar-refractivity contribution is -0.141. The number of nitrogens with zero attached hydrogens (tertiary/aromatic N) is 2. The van der Waals surface area contributed by atoms with Crippen LogP contribution in [0.4, 0.5) is 10.7 Å². The molecule has 2 fully saturated rings. The van der Waals surface area contributed by atoms with Gasteiger partial charge < -0.3 is 20.3 Å². The number of nitrogens with two attached hydrogens (primary N) is 1. The first-order valence-corrected chi connectivity index (χ1v) is 8.58. The van der Waals surface area contributed by atoms with Gasteiger partial charge in [-0.3, -0.25) is 15.0 Å². The molecule has 3 rings (SSSR count). The predicted molar refractivity (Wildman–Crippen MR) is 89.8 cm³/mol. The molecule has 0 radical (unpaired) electrons. The molecule has 146 valence electrons. The summed E-state index contributed by atoms with van der Waals surface area (Å²) in [5.74, 6) is -1.97. The van der Waals surface area contributed by atoms with Crippen LogP contribution in [0, 0.1) is 12.8 Å². The summed E-state index contributed by atoms with van der Waals surface area (Å²) >= 11 is 0. The molecule has 2 heterocycles. The molecule has 1 aromatic rings. The zero-order valence-electron chi connectivity index (χ0n) is 15.0. The second-order valence-corrected chi connectivity index (χ2v) is 6.95. The summed E-state index contributed by atoms with van der Waals surface area (Å²) in [7, 11) is 0. The third-order valence-electron chi connectivity index (χ3n) is 4.95. The zero-order valence-corrected chi connectivity index (χ0v) is 15.0. The van der Waals surface area contributed by atoms with Gasteiger partial charge in [-0.2, -0.15) is 5.01 Å². The molecule has 11 nitrogen and oxygen atoms in total. The summed E-state index contributed by atoms with van der Waals surface area (Å²) in [6, 6.07) is -0.701. The number of carbonyl (C=O) groups excluding carboxylic acids is 4. The van der Waals surface area contributed by atoms with Gasteiger partial charge in [0, 0.05) is 0 Å². The number of hydrogen-bond donors (Lipinski definition) is 3. The highest BCUT2D eigenvalue weighted by molar-refractivity contribution is 6.08. The number of esters is 1. The molecule has 1 saturated heterocycles. The Labute approximate surface area is 154 Å². The van der Waals surface area contributed by atoms with Crippen molar-refractivity contribution in [3.8, 4) is 0 Å². The van der Waals surface area contributed by atoms with E-state index >= 15 is 0 Å². The summed E-state index contributed by atoms with van der Waals surface area (Å²) in [6.07, 6.45) is 2.66. The number of amides is 4. The van der Waals surface area contributed by atoms with E-state index < -0.39 is 36.0 Å². The number of nitrogen functional groups attached to an aromatic ring is 1. The van der Waals surface area contributed by atoms with E-state index in [1.807, 2.05) is 0 Å². The average Bonchev–Trinajstić information content (AvgIpc) is 3.07. The van der Waals surface area contributed by atoms with Gasteiger partial charge in [0.25, 0.3) is 11.8 Å². The zero-order chi connectivity index (χ0) is 19.8. The lowest BCUT2D eigenvalue weighted by atomic mass is 9.77. The van der Waals surface area contributed by atoms with Crippen LogP contribution in [-0.4, -0.2) is 46.1 Å². The number of hydrogen-bond acceptors (Lipinski definition) is 8. The predicted octanol–water partition coefficient (Wildman–Crippen LogP) is 0.254. The fourth-order valence-corrected chi connectivity index (χ4v) is 3.31. The highest BCUT2D eigenvalue weighted by atomic mass is 16.5. The maximum absolute atomic E-state index is 12.6. The van der Waals surface area contributed by atoms with E-state index in [-0.39, 0.29) is 17.1 Å². The fourth-order valence-electron chi connectivity index (χ4n) is 3.31. The number of nitrogens with one attached hydrogen (secondary N) is 2. The summed E-state index contributed by atoms with van der Waals surface area (Å²) in [5.41, 5.74) is 6.82. The van der Waals surface area contributed by atoms with Crippen molar-refractivity contribution in [2.24, 2.45) is 5.92 Å². The number of carbonyl (C=O) groups is 4. The summed E-state index contributed by atoms with van der Waals surface area (Å²) in [6.45, 7) is 2.88. The van der Waals surface area contributed by atoms with Crippen molar-refractivity contribution in [2.45, 2.75) is 45.1 Å². The van der Waals surface area contributed by atoms with E-state index in [0.717, 1.165) is 12.8 Å². The normalized spacial score (nSPS) is 24.8. The van der Waals surface area contributed by atoms with Crippen molar-refractivity contribution in [1.29, 1.82) is 0 Å². The Balaban J connectivity index is 1.57. The smallest absolute Gasteiger partial charge is 0.346 e. The molecule has 11 heteroatoms. The van der Waals surface area contributed by atoms with Gasteiger partial charge >= 0.3 is 12.0 Å². The summed E-state index contributed by atoms with van der Waals surface area (Å²) in [4.78, 5) is 48.7. The average molecular weight is 379 g/mol. The van der Waals surface area contributed by atoms with Crippen LogP contribution in [0.15, 0.2) is 4.52 Å². The molecule has 1 aromatic heterocycles. The molecule has 0 unspecified atom stereocenters. The Kier molecular flexibility index (Phi) is 4.77. The first kappa shape index (κ1) is 18.7. The number of anilines is 1. The molecule has 0 atom stereocenters. The van der Waals surface area contributed by atoms with Crippen molar-refractivity contribution in [3.63, 3.8) is 0 Å². The molecule has 2 aliphatic rings. The highest BCUT2D eigenvalue weighted by Gasteiger charge is 2.52. The Bertz CT molecular complexity index is 776. The standard InChI is InChI=1S/C16H21N5O6/c1-8-3-5-16(6-4-8)14(24)21(15(25)18-16)19-10(22)7-26-13(23)11-9(2)20-27-12(11)17/h8H,3-7,17H2,1-2H3,(H,18,25)(H,19,22). The van der Waals surface area contributed by atoms with Crippen molar-refractivity contribution >= 4 is 29.7 Å². The molecule has 4 amide bonds. The highest BCUT2D eigenvalue weighted by Crippen LogP contribution is 2.35. The first-order valence-electron chi connectivity index (χ1n) is 8.58. The van der Waals surface area contributed by atoms with Gasteiger partial charge in [0.05, 0.1) is 5.69 Å². The van der Waals surface area contributed by atoms with Crippen LogP contribution >= 0.6 is 0 Å². The second kappa shape index (κ2) is 6.89. The lowest BCUT2D eigenvalue weighted by Crippen LogP contribution is -2.52. The van der Waals surface area contributed by atoms with Gasteiger partial charge in [0.1, 0.15) is 11.1 Å². The van der Waals surface area contributed by atoms with Gasteiger partial charge in [-0.1, -0.05) is 12.1 Å². The number of aryl methyl sites for hydroxylation is 1. The van der Waals surface area contributed by atoms with Crippen LogP contribution in [0.3, 0.4) is 0 Å². The van der Waals surface area contributed by atoms with Crippen molar-refractivity contribution in [2.75, 3.05) is 12.3 Å². The summed E-state index contributed by atoms with van der Waals surface area (Å²) < 4.78 is 9.49. The van der Waals surface area contributed by atoms with Gasteiger partial charge in [-0.05, 0) is 38.5 Å². The SMILES string of the molecule is Cc1noc(N)c1C(=O)OCC(=O)NN1C(=O)NC2(CCC(C)CC2)C1=O. The van der Waals surface area contributed by atoms with E-state index in [2.05, 4.69) is 27.3 Å². The van der Waals surface area contributed by atoms with Crippen molar-refractivity contribution in [3.05, 3.63) is 11.3 Å². The minimum atomic E-state index is -0.971. The van der Waals surface area contributed by atoms with E-state index in [4.69, 9.17) is 10.5 Å². The number of aromatic nitrogens is 1. The van der Waals surface area contributed by atoms with Crippen molar-refractivity contribution in [1.82, 2.24) is 20.9 Å². The van der Waals surface area contributed by atoms with E-state index in [1.54, 1.807) is 0 Å². The molecular formula is C16H21N5O6. The Hall–Kier alpha value is -3.11. The maximum atomic E-state index is 12.6. The van der Waals surface area contributed by atoms with Crippen LogP contribution in [0.1, 0.15) is 48.7 Å². The van der Waals surface area contributed by atoms with Crippen molar-refractivity contribution < 1.29 is 28.4 Å². The maximum Gasteiger partial charge on any atom is 0.346 e. The lowest BCUT2D eigenvalue weighted by Gasteiger charge is -2.33. The Morgan fingerprint density at radius 2 is 2.07 bits per heavy atom. The molecule has 1 spiro atoms. The molecule has 1 aliphatic carbocycles. The van der Waals surface area contributed by atoms with Gasteiger partial charge in [-0.15, -0.1) is 0 Å². The Morgan fingerprint density at radius 3 is 2.67 bits per heavy atom. The number of ether oxygens (including phenoxy) is 1. The third kappa shape index (κ3) is 3.44. The number of urea groups is 1. The molecule has 1 aliphatic heterocycles. The minimum absolute atomic E-state index is 0.0759. The third-order valence-corrected chi connectivity index (χ3v) is 4.95. The monoisotopic (exact) mass is 379 g/mol. The largest absolute Gasteiger partial charge is 0.452 e. The van der Waals surface area contributed by atoms with E-state index in [0.29, 0.717) is 23.8 Å². The number of rotatable bonds is 4. The molecule has 0 aromatic carbocycles. The molecule has 4 N–H and O–H groups in total. The second-order valence-electron chi connectivity index (χ2n) is 6.95. The molecular weight excluding hydrogens is 358 g/mol. The summed E-state index contributed by atoms with van der Waals surface area (Å²) in [5, 5.41) is 6.83. The number of imide groups is 1. The quantitative estimate of drug-likeness (QED) is 0.496. The topological polar surface area (TPSA) is 157 Å². The van der Waals surface area contributed by atoms with Gasteiger partial charge in [-0.25, -0.2) is 9.59 Å². The fraction of sp³-hybridized carbons (Fsp3) is 0.562. The van der Waals surface area contributed by atoms with Gasteiger partial charge in [0.2, 0.25) is 5.88 Å². The molecule has 0 bridgehead atoms. The Morgan fingerprint density at radius 1 is 1.41 bits per heavy atom. The molecule has 1 saturated carbocycles. The minimum Gasteiger partial charge on any atom is -0.452 e. The van der Waals surface area contributed by atoms with Crippen LogP contribution < -0.4 is 16.5 Å². The van der Waals surface area contributed by atoms with Crippen LogP contribution in [0.2, 0.25) is 0 Å². The van der Waals surface area contributed by atoms with Gasteiger partial charge in [0.15, 0.2) is 6.61 Å². The molecule has 27 heavy (non-hydrogen) atoms. The van der Waals surface area contributed by atoms with Crippen LogP contribution in [-0.2, 0) is 14.3 Å². The van der Waals surface area contributed by atoms with E-state index in [1.165, 1.54) is 6.92 Å². The van der Waals surface area contributed by atoms with Crippen LogP contribution in [0.5, 0.6) is 0 Å². The number of hydrazine groups is 1. The van der Waals surface area contributed by atoms with E-state index in [9.17, 15) is 19.2 Å². The van der Waals surface area contributed by atoms with Crippen LogP contribution in [0.25, 0.3) is 0 Å². The first-order chi connectivity index (χ1) is 12.7.